The Labute approximate surface area is 173 Å². The smallest absolute Gasteiger partial charge is 0.251 e. The molecule has 148 valence electrons. The largest absolute Gasteiger partial charge is 0.367 e. The molecule has 0 bridgehead atoms. The van der Waals surface area contributed by atoms with E-state index >= 15 is 0 Å². The third kappa shape index (κ3) is 4.34. The van der Waals surface area contributed by atoms with Crippen LogP contribution in [0.15, 0.2) is 72.8 Å². The zero-order valence-corrected chi connectivity index (χ0v) is 17.2. The lowest BCUT2D eigenvalue weighted by Crippen LogP contribution is -2.28. The minimum atomic E-state index is -0.0181. The number of hydrogen-bond donors (Lipinski definition) is 1. The molecule has 0 saturated heterocycles. The summed E-state index contributed by atoms with van der Waals surface area (Å²) in [5, 5.41) is 3.17. The average molecular weight is 385 g/mol. The van der Waals surface area contributed by atoms with Crippen molar-refractivity contribution < 1.29 is 4.79 Å². The van der Waals surface area contributed by atoms with E-state index in [0.717, 1.165) is 31.5 Å². The van der Waals surface area contributed by atoms with Crippen LogP contribution in [0.2, 0.25) is 0 Å². The van der Waals surface area contributed by atoms with Crippen molar-refractivity contribution in [3.05, 3.63) is 101 Å². The lowest BCUT2D eigenvalue weighted by Gasteiger charge is -2.20. The summed E-state index contributed by atoms with van der Waals surface area (Å²) in [5.74, 6) is -0.0181. The number of para-hydroxylation sites is 1. The van der Waals surface area contributed by atoms with E-state index in [1.807, 2.05) is 12.1 Å². The number of nitrogens with one attached hydrogen (secondary N) is 1. The summed E-state index contributed by atoms with van der Waals surface area (Å²) >= 11 is 0. The SMILES string of the molecule is CC[C@@H](NC(=O)c1ccc(CN2CCc3ccccc32)cc1)c1ccc(C)cc1. The molecule has 1 atom stereocenters. The highest BCUT2D eigenvalue weighted by atomic mass is 16.1. The van der Waals surface area contributed by atoms with Crippen molar-refractivity contribution in [1.82, 2.24) is 5.32 Å². The molecule has 0 aromatic heterocycles. The Kier molecular flexibility index (Phi) is 5.66. The number of benzene rings is 3. The van der Waals surface area contributed by atoms with Crippen LogP contribution < -0.4 is 10.2 Å². The lowest BCUT2D eigenvalue weighted by atomic mass is 10.0. The molecule has 0 unspecified atom stereocenters. The first-order valence-electron chi connectivity index (χ1n) is 10.4. The van der Waals surface area contributed by atoms with Crippen LogP contribution in [0, 0.1) is 6.92 Å². The van der Waals surface area contributed by atoms with E-state index in [0.29, 0.717) is 5.56 Å². The van der Waals surface area contributed by atoms with Gasteiger partial charge in [0, 0.05) is 24.3 Å². The third-order valence-corrected chi connectivity index (χ3v) is 5.77. The van der Waals surface area contributed by atoms with Crippen molar-refractivity contribution in [2.45, 2.75) is 39.3 Å². The van der Waals surface area contributed by atoms with Gasteiger partial charge < -0.3 is 10.2 Å². The summed E-state index contributed by atoms with van der Waals surface area (Å²) in [4.78, 5) is 15.2. The fourth-order valence-electron chi connectivity index (χ4n) is 4.01. The molecular formula is C26H28N2O. The first-order valence-corrected chi connectivity index (χ1v) is 10.4. The topological polar surface area (TPSA) is 32.3 Å². The van der Waals surface area contributed by atoms with Crippen molar-refractivity contribution >= 4 is 11.6 Å². The van der Waals surface area contributed by atoms with Gasteiger partial charge in [0.2, 0.25) is 0 Å². The van der Waals surface area contributed by atoms with Gasteiger partial charge in [0.15, 0.2) is 0 Å². The minimum absolute atomic E-state index is 0.0181. The number of nitrogens with zero attached hydrogens (tertiary/aromatic N) is 1. The Morgan fingerprint density at radius 2 is 1.72 bits per heavy atom. The van der Waals surface area contributed by atoms with Crippen molar-refractivity contribution in [2.75, 3.05) is 11.4 Å². The molecule has 1 aliphatic heterocycles. The molecule has 3 aromatic carbocycles. The normalized spacial score (nSPS) is 13.8. The van der Waals surface area contributed by atoms with E-state index in [1.165, 1.54) is 22.4 Å². The molecule has 4 rings (SSSR count). The van der Waals surface area contributed by atoms with Crippen molar-refractivity contribution in [3.8, 4) is 0 Å². The minimum Gasteiger partial charge on any atom is -0.367 e. The van der Waals surface area contributed by atoms with Crippen LogP contribution in [-0.2, 0) is 13.0 Å². The monoisotopic (exact) mass is 384 g/mol. The molecular weight excluding hydrogens is 356 g/mol. The Morgan fingerprint density at radius 3 is 2.45 bits per heavy atom. The zero-order chi connectivity index (χ0) is 20.2. The summed E-state index contributed by atoms with van der Waals surface area (Å²) in [6, 6.07) is 25.0. The molecule has 29 heavy (non-hydrogen) atoms. The van der Waals surface area contributed by atoms with E-state index in [4.69, 9.17) is 0 Å². The van der Waals surface area contributed by atoms with Gasteiger partial charge in [-0.1, -0.05) is 67.1 Å². The molecule has 0 fully saturated rings. The molecule has 0 aliphatic carbocycles. The number of anilines is 1. The van der Waals surface area contributed by atoms with E-state index in [9.17, 15) is 4.79 Å². The summed E-state index contributed by atoms with van der Waals surface area (Å²) < 4.78 is 0. The number of carbonyl (C=O) groups is 1. The Hall–Kier alpha value is -3.07. The van der Waals surface area contributed by atoms with Crippen LogP contribution in [0.1, 0.15) is 52.0 Å². The first kappa shape index (κ1) is 19.3. The van der Waals surface area contributed by atoms with Crippen LogP contribution in [-0.4, -0.2) is 12.5 Å². The molecule has 3 heteroatoms. The van der Waals surface area contributed by atoms with Crippen LogP contribution >= 0.6 is 0 Å². The van der Waals surface area contributed by atoms with E-state index < -0.39 is 0 Å². The fraction of sp³-hybridized carbons (Fsp3) is 0.269. The maximum absolute atomic E-state index is 12.8. The number of amides is 1. The predicted molar refractivity (Wildman–Crippen MR) is 119 cm³/mol. The molecule has 0 saturated carbocycles. The molecule has 3 aromatic rings. The van der Waals surface area contributed by atoms with Crippen LogP contribution in [0.3, 0.4) is 0 Å². The van der Waals surface area contributed by atoms with Gasteiger partial charge in [0.05, 0.1) is 6.04 Å². The number of aryl methyl sites for hydroxylation is 1. The molecule has 1 aliphatic rings. The quantitative estimate of drug-likeness (QED) is 0.614. The van der Waals surface area contributed by atoms with Gasteiger partial charge in [-0.3, -0.25) is 4.79 Å². The van der Waals surface area contributed by atoms with E-state index in [2.05, 4.69) is 84.7 Å². The van der Waals surface area contributed by atoms with Crippen LogP contribution in [0.5, 0.6) is 0 Å². The average Bonchev–Trinajstić information content (AvgIpc) is 3.16. The molecule has 1 heterocycles. The second kappa shape index (κ2) is 8.52. The standard InChI is InChI=1S/C26H28N2O/c1-3-24(21-12-8-19(2)9-13-21)27-26(29)23-14-10-20(11-15-23)18-28-17-16-22-6-4-5-7-25(22)28/h4-15,24H,3,16-18H2,1-2H3,(H,27,29)/t24-/m1/s1. The predicted octanol–water partition coefficient (Wildman–Crippen LogP) is 5.44. The number of fused-ring (bicyclic) bond motifs is 1. The highest BCUT2D eigenvalue weighted by Gasteiger charge is 2.18. The van der Waals surface area contributed by atoms with Gasteiger partial charge in [-0.05, 0) is 54.7 Å². The number of rotatable bonds is 6. The summed E-state index contributed by atoms with van der Waals surface area (Å²) in [7, 11) is 0. The van der Waals surface area contributed by atoms with Gasteiger partial charge in [-0.15, -0.1) is 0 Å². The van der Waals surface area contributed by atoms with E-state index in [1.54, 1.807) is 0 Å². The Morgan fingerprint density at radius 1 is 1.00 bits per heavy atom. The molecule has 0 radical (unpaired) electrons. The third-order valence-electron chi connectivity index (χ3n) is 5.77. The van der Waals surface area contributed by atoms with Crippen LogP contribution in [0.25, 0.3) is 0 Å². The van der Waals surface area contributed by atoms with E-state index in [-0.39, 0.29) is 11.9 Å². The second-order valence-electron chi connectivity index (χ2n) is 7.84. The highest BCUT2D eigenvalue weighted by molar-refractivity contribution is 5.94. The molecule has 1 N–H and O–H groups in total. The maximum atomic E-state index is 12.8. The first-order chi connectivity index (χ1) is 14.1. The second-order valence-corrected chi connectivity index (χ2v) is 7.84. The fourth-order valence-corrected chi connectivity index (χ4v) is 4.01. The van der Waals surface area contributed by atoms with Gasteiger partial charge in [0.1, 0.15) is 0 Å². The maximum Gasteiger partial charge on any atom is 0.251 e. The van der Waals surface area contributed by atoms with Crippen molar-refractivity contribution in [1.29, 1.82) is 0 Å². The van der Waals surface area contributed by atoms with Gasteiger partial charge in [0.25, 0.3) is 5.91 Å². The lowest BCUT2D eigenvalue weighted by molar-refractivity contribution is 0.0935. The number of hydrogen-bond acceptors (Lipinski definition) is 2. The Balaban J connectivity index is 1.41. The molecule has 0 spiro atoms. The van der Waals surface area contributed by atoms with Crippen LogP contribution in [0.4, 0.5) is 5.69 Å². The van der Waals surface area contributed by atoms with Gasteiger partial charge in [-0.2, -0.15) is 0 Å². The van der Waals surface area contributed by atoms with Gasteiger partial charge >= 0.3 is 0 Å². The van der Waals surface area contributed by atoms with Gasteiger partial charge in [-0.25, -0.2) is 0 Å². The Bertz CT molecular complexity index is 976. The molecule has 1 amide bonds. The van der Waals surface area contributed by atoms with Crippen molar-refractivity contribution in [2.24, 2.45) is 0 Å². The number of carbonyl (C=O) groups excluding carboxylic acids is 1. The zero-order valence-electron chi connectivity index (χ0n) is 17.2. The summed E-state index contributed by atoms with van der Waals surface area (Å²) in [5.41, 5.74) is 7.07. The molecule has 3 nitrogen and oxygen atoms in total. The highest BCUT2D eigenvalue weighted by Crippen LogP contribution is 2.28. The summed E-state index contributed by atoms with van der Waals surface area (Å²) in [6.45, 7) is 6.10. The summed E-state index contributed by atoms with van der Waals surface area (Å²) in [6.07, 6.45) is 1.97. The van der Waals surface area contributed by atoms with Crippen molar-refractivity contribution in [3.63, 3.8) is 0 Å².